The number of nitrogens with one attached hydrogen (secondary N) is 14. The van der Waals surface area contributed by atoms with E-state index in [1.807, 2.05) is 0 Å². The molecule has 0 aromatic carbocycles. The second kappa shape index (κ2) is 46.2. The van der Waals surface area contributed by atoms with E-state index in [-0.39, 0.29) is 57.4 Å². The lowest BCUT2D eigenvalue weighted by Gasteiger charge is -2.30. The molecular formula is C63H105N17O25S2. The number of hydrogen-bond donors (Lipinski definition) is 23. The van der Waals surface area contributed by atoms with Gasteiger partial charge in [0.15, 0.2) is 6.04 Å². The molecule has 107 heavy (non-hydrogen) atoms. The topological polar surface area (TPSA) is 650 Å². The standard InChI is InChI=1S/C63H105N17O25S2/c1-11-28(4)46(60(101)77-47(32(8)84)58(99)66-21-42(86)70-35(16-19-107-10)53(94)74-39(26-106)55(96)78-48(33(9)85)63(104)105)75-43(87)22-65-49(90)29(5)69-59(100)45(27(2)3)76-57(98)41-15-13-18-80(41)61(102)37(24-82)72-51(92)30(6)67-54(95)36(23-81)71-50(91)31(7)68-56(97)40-14-12-17-79(40)62(103)38(25-83)73-52(93)34(64)20-44(88)89/h27-41,45-48,81-85,106H,11-26,64H2,1-10H3,(H,65,90)(H,66,99)(H,67,95)(H,68,97)(H,69,100)(H,70,86)(H,71,91)(H,72,92)(H,73,93)(H,74,94)(H,75,87)(H,76,98)(H,77,101)(H,78,96)(H,88,89)(H,104,105)/t28-,29-,30-,31-,32+,33+,34-,35-,36-,37-,38-,39-,40-,41-,45-,46-,47-,48-/m0/s1. The maximum Gasteiger partial charge on any atom is 0.328 e. The van der Waals surface area contributed by atoms with Crippen molar-refractivity contribution < 1.29 is 122 Å². The van der Waals surface area contributed by atoms with Crippen molar-refractivity contribution in [2.24, 2.45) is 17.6 Å². The number of aliphatic hydroxyl groups is 5. The third-order valence-corrected chi connectivity index (χ3v) is 18.2. The third-order valence-electron chi connectivity index (χ3n) is 17.2. The van der Waals surface area contributed by atoms with Gasteiger partial charge in [-0.2, -0.15) is 24.4 Å². The molecule has 0 unspecified atom stereocenters. The molecule has 0 aromatic rings. The molecule has 42 nitrogen and oxygen atoms in total. The summed E-state index contributed by atoms with van der Waals surface area (Å²) in [5.74, 6) is -19.5. The minimum atomic E-state index is -1.74. The van der Waals surface area contributed by atoms with Gasteiger partial charge in [0.2, 0.25) is 94.5 Å². The Bertz CT molecular complexity index is 3170. The summed E-state index contributed by atoms with van der Waals surface area (Å²) in [6.07, 6.45) is -1.19. The molecular weight excluding hydrogens is 1460 g/mol. The predicted molar refractivity (Wildman–Crippen MR) is 379 cm³/mol. The number of amides is 16. The highest BCUT2D eigenvalue weighted by Gasteiger charge is 2.43. The van der Waals surface area contributed by atoms with Crippen LogP contribution in [0.3, 0.4) is 0 Å². The number of thiol groups is 1. The predicted octanol–water partition coefficient (Wildman–Crippen LogP) is -10.9. The van der Waals surface area contributed by atoms with Crippen LogP contribution in [0.5, 0.6) is 0 Å². The smallest absolute Gasteiger partial charge is 0.328 e. The molecule has 23 N–H and O–H groups in total. The summed E-state index contributed by atoms with van der Waals surface area (Å²) in [5.41, 5.74) is 5.56. The Morgan fingerprint density at radius 1 is 0.467 bits per heavy atom. The van der Waals surface area contributed by atoms with Crippen molar-refractivity contribution in [2.75, 3.05) is 63.8 Å². The van der Waals surface area contributed by atoms with E-state index in [1.165, 1.54) is 25.6 Å². The fourth-order valence-corrected chi connectivity index (χ4v) is 11.4. The molecule has 0 aromatic heterocycles. The third kappa shape index (κ3) is 29.9. The number of carboxylic acids is 2. The number of carboxylic acid groups (broad SMARTS) is 2. The zero-order valence-corrected chi connectivity index (χ0v) is 62.8. The number of carbonyl (C=O) groups is 18. The second-order valence-electron chi connectivity index (χ2n) is 26.0. The van der Waals surface area contributed by atoms with Crippen molar-refractivity contribution in [1.82, 2.24) is 84.2 Å². The molecule has 0 radical (unpaired) electrons. The Morgan fingerprint density at radius 3 is 1.36 bits per heavy atom. The first-order chi connectivity index (χ1) is 50.1. The number of likely N-dealkylation sites (tertiary alicyclic amines) is 2. The van der Waals surface area contributed by atoms with Gasteiger partial charge in [0, 0.05) is 18.8 Å². The lowest BCUT2D eigenvalue weighted by molar-refractivity contribution is -0.145. The lowest BCUT2D eigenvalue weighted by atomic mass is 9.97. The number of rotatable bonds is 45. The molecule has 18 atom stereocenters. The SMILES string of the molecule is CC[C@H](C)[C@H](NC(=O)CNC(=O)[C@H](C)NC(=O)[C@@H](NC(=O)[C@@H]1CCCN1C(=O)[C@H](CO)NC(=O)[C@H](C)NC(=O)[C@H](CO)NC(=O)[C@H](C)NC(=O)[C@@H]1CCCN1C(=O)[C@H](CO)NC(=O)[C@@H](N)CC(=O)O)C(C)C)C(=O)N[C@H](C(=O)NCC(=O)N[C@@H](CCSC)C(=O)N[C@@H](CS)C(=O)N[C@H](C(=O)O)[C@@H](C)O)[C@@H](C)O. The van der Waals surface area contributed by atoms with Crippen LogP contribution in [-0.2, 0) is 86.3 Å². The molecule has 44 heteroatoms. The Labute approximate surface area is 626 Å². The number of thioether (sulfide) groups is 1. The van der Waals surface area contributed by atoms with Crippen molar-refractivity contribution in [1.29, 1.82) is 0 Å². The summed E-state index contributed by atoms with van der Waals surface area (Å²) >= 11 is 5.36. The van der Waals surface area contributed by atoms with Gasteiger partial charge in [0.25, 0.3) is 0 Å². The monoisotopic (exact) mass is 1560 g/mol. The van der Waals surface area contributed by atoms with Crippen LogP contribution in [0.25, 0.3) is 0 Å². The number of nitrogens with two attached hydrogens (primary N) is 1. The molecule has 2 fully saturated rings. The molecule has 604 valence electrons. The molecule has 0 bridgehead atoms. The van der Waals surface area contributed by atoms with Gasteiger partial charge in [-0.15, -0.1) is 0 Å². The van der Waals surface area contributed by atoms with Crippen LogP contribution in [0, 0.1) is 11.8 Å². The number of nitrogens with zero attached hydrogens (tertiary/aromatic N) is 2. The normalized spacial score (nSPS) is 18.5. The van der Waals surface area contributed by atoms with Crippen molar-refractivity contribution in [3.8, 4) is 0 Å². The molecule has 0 saturated carbocycles. The van der Waals surface area contributed by atoms with Crippen molar-refractivity contribution >= 4 is 131 Å². The minimum absolute atomic E-state index is 0.00616. The van der Waals surface area contributed by atoms with E-state index in [4.69, 9.17) is 10.8 Å². The van der Waals surface area contributed by atoms with Crippen LogP contribution < -0.4 is 80.2 Å². The largest absolute Gasteiger partial charge is 0.481 e. The Balaban J connectivity index is 2.03. The zero-order valence-electron chi connectivity index (χ0n) is 61.1. The number of hydrogen-bond acceptors (Lipinski definition) is 26. The summed E-state index contributed by atoms with van der Waals surface area (Å²) < 4.78 is 0. The van der Waals surface area contributed by atoms with Gasteiger partial charge >= 0.3 is 11.9 Å². The van der Waals surface area contributed by atoms with Crippen LogP contribution in [0.4, 0.5) is 0 Å². The highest BCUT2D eigenvalue weighted by Crippen LogP contribution is 2.21. The molecule has 2 aliphatic heterocycles. The van der Waals surface area contributed by atoms with E-state index >= 15 is 0 Å². The number of aliphatic carboxylic acids is 2. The lowest BCUT2D eigenvalue weighted by Crippen LogP contribution is -2.61. The van der Waals surface area contributed by atoms with Crippen LogP contribution in [0.1, 0.15) is 107 Å². The first-order valence-electron chi connectivity index (χ1n) is 34.4. The summed E-state index contributed by atoms with van der Waals surface area (Å²) in [7, 11) is 0. The van der Waals surface area contributed by atoms with E-state index in [1.54, 1.807) is 34.0 Å². The molecule has 2 aliphatic rings. The Hall–Kier alpha value is -9.08. The maximum atomic E-state index is 13.9. The van der Waals surface area contributed by atoms with E-state index < -0.39 is 260 Å². The van der Waals surface area contributed by atoms with Crippen molar-refractivity contribution in [2.45, 2.75) is 210 Å². The van der Waals surface area contributed by atoms with E-state index in [0.29, 0.717) is 5.75 Å². The second-order valence-corrected chi connectivity index (χ2v) is 27.4. The van der Waals surface area contributed by atoms with Gasteiger partial charge in [0.05, 0.1) is 57.6 Å². The summed E-state index contributed by atoms with van der Waals surface area (Å²) in [6, 6.07) is -22.2. The van der Waals surface area contributed by atoms with E-state index in [0.717, 1.165) is 30.6 Å². The quantitative estimate of drug-likeness (QED) is 0.0252. The molecule has 2 heterocycles. The fraction of sp³-hybridized carbons (Fsp3) is 0.714. The highest BCUT2D eigenvalue weighted by molar-refractivity contribution is 7.98. The summed E-state index contributed by atoms with van der Waals surface area (Å²) in [6.45, 7) is 7.68. The Kier molecular flexibility index (Phi) is 40.6. The van der Waals surface area contributed by atoms with Crippen LogP contribution in [-0.4, -0.2) is 319 Å². The average molecular weight is 1560 g/mol. The van der Waals surface area contributed by atoms with Gasteiger partial charge in [-0.3, -0.25) is 81.5 Å². The van der Waals surface area contributed by atoms with Crippen molar-refractivity contribution in [3.63, 3.8) is 0 Å². The summed E-state index contributed by atoms with van der Waals surface area (Å²) in [4.78, 5) is 238. The molecule has 16 amide bonds. The maximum absolute atomic E-state index is 13.9. The van der Waals surface area contributed by atoms with Gasteiger partial charge in [0.1, 0.15) is 78.5 Å². The molecule has 2 rings (SSSR count). The fourth-order valence-electron chi connectivity index (χ4n) is 10.7. The molecule has 0 aliphatic carbocycles. The number of aliphatic hydroxyl groups excluding tert-OH is 5. The minimum Gasteiger partial charge on any atom is -0.481 e. The zero-order chi connectivity index (χ0) is 81.4. The van der Waals surface area contributed by atoms with Gasteiger partial charge in [-0.05, 0) is 90.6 Å². The summed E-state index contributed by atoms with van der Waals surface area (Å²) in [5, 5.41) is 102. The Morgan fingerprint density at radius 2 is 0.888 bits per heavy atom. The van der Waals surface area contributed by atoms with Gasteiger partial charge in [-0.1, -0.05) is 34.1 Å². The first kappa shape index (κ1) is 94.0. The van der Waals surface area contributed by atoms with E-state index in [9.17, 15) is 117 Å². The van der Waals surface area contributed by atoms with Gasteiger partial charge in [-0.25, -0.2) is 4.79 Å². The average Bonchev–Trinajstić information content (AvgIpc) is 1.73. The van der Waals surface area contributed by atoms with Gasteiger partial charge < -0.3 is 126 Å². The van der Waals surface area contributed by atoms with Crippen LogP contribution >= 0.6 is 24.4 Å². The number of carbonyl (C=O) groups excluding carboxylic acids is 16. The van der Waals surface area contributed by atoms with Crippen LogP contribution in [0.15, 0.2) is 0 Å². The van der Waals surface area contributed by atoms with E-state index in [2.05, 4.69) is 87.1 Å². The highest BCUT2D eigenvalue weighted by atomic mass is 32.2. The van der Waals surface area contributed by atoms with Crippen molar-refractivity contribution in [3.05, 3.63) is 0 Å². The molecule has 0 spiro atoms. The van der Waals surface area contributed by atoms with Crippen LogP contribution in [0.2, 0.25) is 0 Å². The molecule has 2 saturated heterocycles. The first-order valence-corrected chi connectivity index (χ1v) is 36.5.